The molecule has 13 nitrogen and oxygen atoms in total. The molecule has 0 fully saturated rings. The fourth-order valence-electron chi connectivity index (χ4n) is 4.33. The Morgan fingerprint density at radius 1 is 0.744 bits per heavy atom. The van der Waals surface area contributed by atoms with Crippen molar-refractivity contribution in [1.29, 1.82) is 0 Å². The summed E-state index contributed by atoms with van der Waals surface area (Å²) in [6.07, 6.45) is 2.58. The highest BCUT2D eigenvalue weighted by Gasteiger charge is 2.30. The maximum atomic E-state index is 13.6. The molecule has 0 radical (unpaired) electrons. The Kier molecular flexibility index (Phi) is 14.5. The van der Waals surface area contributed by atoms with E-state index in [1.807, 2.05) is 37.3 Å². The molecule has 0 aliphatic carbocycles. The second-order valence-electron chi connectivity index (χ2n) is 10.3. The minimum atomic E-state index is -1.08. The van der Waals surface area contributed by atoms with Crippen LogP contribution in [-0.2, 0) is 32.0 Å². The molecule has 4 amide bonds. The van der Waals surface area contributed by atoms with Gasteiger partial charge in [-0.2, -0.15) is 0 Å². The van der Waals surface area contributed by atoms with E-state index < -0.39 is 47.8 Å². The van der Waals surface area contributed by atoms with Gasteiger partial charge in [0.1, 0.15) is 23.9 Å². The molecule has 234 valence electrons. The third kappa shape index (κ3) is 12.8. The van der Waals surface area contributed by atoms with Crippen LogP contribution in [0.15, 0.2) is 59.6 Å². The van der Waals surface area contributed by atoms with E-state index in [-0.39, 0.29) is 37.5 Å². The van der Waals surface area contributed by atoms with E-state index in [2.05, 4.69) is 20.9 Å². The molecular formula is C30H44N8O5. The number of amides is 4. The first kappa shape index (κ1) is 34.6. The van der Waals surface area contributed by atoms with Gasteiger partial charge in [-0.05, 0) is 48.9 Å². The lowest BCUT2D eigenvalue weighted by Crippen LogP contribution is -2.58. The number of unbranched alkanes of at least 4 members (excludes halogenated alkanes) is 1. The molecule has 0 bridgehead atoms. The van der Waals surface area contributed by atoms with E-state index in [0.29, 0.717) is 24.8 Å². The average Bonchev–Trinajstić information content (AvgIpc) is 2.97. The Labute approximate surface area is 251 Å². The van der Waals surface area contributed by atoms with Crippen molar-refractivity contribution in [2.75, 3.05) is 6.54 Å². The molecule has 4 atom stereocenters. The van der Waals surface area contributed by atoms with Crippen LogP contribution in [0.25, 0.3) is 0 Å². The Morgan fingerprint density at radius 3 is 1.91 bits per heavy atom. The number of phenolic OH excluding ortho intramolecular Hbond substituents is 1. The van der Waals surface area contributed by atoms with Crippen molar-refractivity contribution in [1.82, 2.24) is 16.0 Å². The zero-order valence-electron chi connectivity index (χ0n) is 24.5. The molecule has 2 aromatic carbocycles. The first-order valence-electron chi connectivity index (χ1n) is 14.3. The first-order valence-corrected chi connectivity index (χ1v) is 14.3. The number of benzene rings is 2. The molecular weight excluding hydrogens is 552 g/mol. The van der Waals surface area contributed by atoms with Gasteiger partial charge in [0.25, 0.3) is 0 Å². The van der Waals surface area contributed by atoms with E-state index in [1.54, 1.807) is 12.1 Å². The van der Waals surface area contributed by atoms with Gasteiger partial charge in [0.05, 0.1) is 6.04 Å². The summed E-state index contributed by atoms with van der Waals surface area (Å²) in [5.41, 5.74) is 23.9. The molecule has 2 aromatic rings. The van der Waals surface area contributed by atoms with Crippen molar-refractivity contribution in [3.8, 4) is 5.75 Å². The molecule has 0 aromatic heterocycles. The summed E-state index contributed by atoms with van der Waals surface area (Å²) in [6, 6.07) is 11.5. The highest BCUT2D eigenvalue weighted by molar-refractivity contribution is 5.94. The van der Waals surface area contributed by atoms with Crippen molar-refractivity contribution < 1.29 is 24.3 Å². The van der Waals surface area contributed by atoms with Gasteiger partial charge in [0.2, 0.25) is 23.6 Å². The number of primary amides is 1. The topological polar surface area (TPSA) is 241 Å². The number of hydrogen-bond acceptors (Lipinski definition) is 7. The molecule has 43 heavy (non-hydrogen) atoms. The Hall–Kier alpha value is -4.65. The molecule has 0 aliphatic heterocycles. The third-order valence-corrected chi connectivity index (χ3v) is 6.73. The van der Waals surface area contributed by atoms with Crippen LogP contribution in [0.3, 0.4) is 0 Å². The summed E-state index contributed by atoms with van der Waals surface area (Å²) in [5, 5.41) is 17.8. The Balaban J connectivity index is 2.19. The number of rotatable bonds is 18. The van der Waals surface area contributed by atoms with Gasteiger partial charge >= 0.3 is 0 Å². The van der Waals surface area contributed by atoms with Crippen LogP contribution in [0.2, 0.25) is 0 Å². The van der Waals surface area contributed by atoms with E-state index >= 15 is 0 Å². The minimum Gasteiger partial charge on any atom is -0.508 e. The van der Waals surface area contributed by atoms with Gasteiger partial charge in [-0.3, -0.25) is 24.2 Å². The van der Waals surface area contributed by atoms with E-state index in [4.69, 9.17) is 22.9 Å². The summed E-state index contributed by atoms with van der Waals surface area (Å²) in [7, 11) is 0. The maximum Gasteiger partial charge on any atom is 0.243 e. The molecule has 13 heteroatoms. The zero-order valence-corrected chi connectivity index (χ0v) is 24.5. The predicted molar refractivity (Wildman–Crippen MR) is 164 cm³/mol. The average molecular weight is 597 g/mol. The van der Waals surface area contributed by atoms with E-state index in [0.717, 1.165) is 12.0 Å². The Morgan fingerprint density at radius 2 is 1.30 bits per heavy atom. The monoisotopic (exact) mass is 596 g/mol. The number of carbonyl (C=O) groups excluding carboxylic acids is 4. The minimum absolute atomic E-state index is 0.0530. The van der Waals surface area contributed by atoms with Crippen LogP contribution >= 0.6 is 0 Å². The van der Waals surface area contributed by atoms with Crippen molar-refractivity contribution in [3.63, 3.8) is 0 Å². The summed E-state index contributed by atoms with van der Waals surface area (Å²) < 4.78 is 0. The molecule has 0 unspecified atom stereocenters. The number of aliphatic imine (C=N–C) groups is 1. The van der Waals surface area contributed by atoms with Crippen LogP contribution in [0, 0.1) is 0 Å². The van der Waals surface area contributed by atoms with Crippen LogP contribution in [-0.4, -0.2) is 65.4 Å². The second-order valence-corrected chi connectivity index (χ2v) is 10.3. The second kappa shape index (κ2) is 18.0. The molecule has 0 heterocycles. The van der Waals surface area contributed by atoms with E-state index in [1.165, 1.54) is 12.1 Å². The van der Waals surface area contributed by atoms with Gasteiger partial charge in [0, 0.05) is 13.0 Å². The third-order valence-electron chi connectivity index (χ3n) is 6.73. The summed E-state index contributed by atoms with van der Waals surface area (Å²) in [6.45, 7) is 2.19. The number of aromatic hydroxyl groups is 1. The molecule has 0 saturated carbocycles. The lowest BCUT2D eigenvalue weighted by atomic mass is 10.0. The predicted octanol–water partition coefficient (Wildman–Crippen LogP) is -0.312. The largest absolute Gasteiger partial charge is 0.508 e. The normalized spacial score (nSPS) is 13.5. The lowest BCUT2D eigenvalue weighted by molar-refractivity contribution is -0.133. The SMILES string of the molecule is CCCC[C@@H](NC(=O)[C@@H](Cc1ccc(O)cc1)NC(=O)[C@H](N)Cc1ccccc1)C(=O)N[C@H](CCCN=C(N)N)C(N)=O. The highest BCUT2D eigenvalue weighted by atomic mass is 16.3. The van der Waals surface area contributed by atoms with Crippen LogP contribution in [0.5, 0.6) is 5.75 Å². The number of phenols is 1. The van der Waals surface area contributed by atoms with Crippen LogP contribution < -0.4 is 38.9 Å². The number of carbonyl (C=O) groups is 4. The number of nitrogens with one attached hydrogen (secondary N) is 3. The summed E-state index contributed by atoms with van der Waals surface area (Å²) >= 11 is 0. The van der Waals surface area contributed by atoms with Crippen LogP contribution in [0.4, 0.5) is 0 Å². The quantitative estimate of drug-likeness (QED) is 0.0643. The van der Waals surface area contributed by atoms with Crippen molar-refractivity contribution in [2.45, 2.75) is 76.0 Å². The van der Waals surface area contributed by atoms with Gasteiger partial charge in [-0.1, -0.05) is 62.2 Å². The number of hydrogen-bond donors (Lipinski definition) is 8. The number of nitrogens with zero attached hydrogens (tertiary/aromatic N) is 1. The van der Waals surface area contributed by atoms with Crippen molar-refractivity contribution in [2.24, 2.45) is 27.9 Å². The first-order chi connectivity index (χ1) is 20.5. The van der Waals surface area contributed by atoms with Gasteiger partial charge < -0.3 is 44.0 Å². The van der Waals surface area contributed by atoms with Gasteiger partial charge in [-0.15, -0.1) is 0 Å². The highest BCUT2D eigenvalue weighted by Crippen LogP contribution is 2.13. The molecule has 0 saturated heterocycles. The molecule has 0 aliphatic rings. The molecule has 0 spiro atoms. The molecule has 2 rings (SSSR count). The zero-order chi connectivity index (χ0) is 31.8. The summed E-state index contributed by atoms with van der Waals surface area (Å²) in [5.74, 6) is -2.49. The van der Waals surface area contributed by atoms with Crippen LogP contribution in [0.1, 0.15) is 50.2 Å². The smallest absolute Gasteiger partial charge is 0.243 e. The number of guanidine groups is 1. The summed E-state index contributed by atoms with van der Waals surface area (Å²) in [4.78, 5) is 55.8. The lowest BCUT2D eigenvalue weighted by Gasteiger charge is -2.25. The van der Waals surface area contributed by atoms with Crippen molar-refractivity contribution in [3.05, 3.63) is 65.7 Å². The maximum absolute atomic E-state index is 13.6. The Bertz CT molecular complexity index is 1220. The number of nitrogens with two attached hydrogens (primary N) is 4. The molecule has 12 N–H and O–H groups in total. The van der Waals surface area contributed by atoms with Crippen molar-refractivity contribution >= 4 is 29.6 Å². The van der Waals surface area contributed by atoms with E-state index in [9.17, 15) is 24.3 Å². The van der Waals surface area contributed by atoms with Gasteiger partial charge in [0.15, 0.2) is 5.96 Å². The fraction of sp³-hybridized carbons (Fsp3) is 0.433. The fourth-order valence-corrected chi connectivity index (χ4v) is 4.33. The van der Waals surface area contributed by atoms with Gasteiger partial charge in [-0.25, -0.2) is 0 Å². The standard InChI is InChI=1S/C30H44N8O5/c1-2-3-10-24(28(42)36-23(26(32)40)11-7-16-35-30(33)34)37-29(43)25(18-20-12-14-21(39)15-13-20)38-27(41)22(31)17-19-8-5-4-6-9-19/h4-6,8-9,12-15,22-25,39H,2-3,7,10-11,16-18,31H2,1H3,(H2,32,40)(H,36,42)(H,37,43)(H,38,41)(H4,33,34,35)/t22-,23-,24-,25-/m1/s1.